The SMILES string of the molecule is COc1c(F)cc2c(=O)c(C(=O)NCc3ccccc3Cl)cn(CCF)c2c1F. The largest absolute Gasteiger partial charge is 0.491 e. The van der Waals surface area contributed by atoms with Crippen LogP contribution >= 0.6 is 11.6 Å². The number of methoxy groups -OCH3 is 1. The van der Waals surface area contributed by atoms with Gasteiger partial charge in [-0.25, -0.2) is 13.2 Å². The Bertz CT molecular complexity index is 1150. The summed E-state index contributed by atoms with van der Waals surface area (Å²) in [5.74, 6) is -3.72. The molecule has 0 unspecified atom stereocenters. The Hall–Kier alpha value is -3.00. The highest BCUT2D eigenvalue weighted by Gasteiger charge is 2.22. The van der Waals surface area contributed by atoms with Crippen molar-refractivity contribution in [2.24, 2.45) is 0 Å². The van der Waals surface area contributed by atoms with Crippen molar-refractivity contribution in [3.8, 4) is 5.75 Å². The molecule has 0 bridgehead atoms. The highest BCUT2D eigenvalue weighted by molar-refractivity contribution is 6.31. The molecule has 1 amide bonds. The van der Waals surface area contributed by atoms with Crippen LogP contribution in [0.5, 0.6) is 5.75 Å². The lowest BCUT2D eigenvalue weighted by Gasteiger charge is -2.15. The van der Waals surface area contributed by atoms with Crippen LogP contribution in [0.4, 0.5) is 13.2 Å². The standard InChI is InChI=1S/C20H16ClF3N2O3/c1-29-19-15(23)8-12-17(16(19)24)26(7-6-22)10-13(18(12)27)20(28)25-9-11-4-2-3-5-14(11)21/h2-5,8,10H,6-7,9H2,1H3,(H,25,28). The fraction of sp³-hybridized carbons (Fsp3) is 0.200. The van der Waals surface area contributed by atoms with E-state index in [4.69, 9.17) is 11.6 Å². The van der Waals surface area contributed by atoms with Crippen LogP contribution in [0, 0.1) is 11.6 Å². The van der Waals surface area contributed by atoms with Crippen molar-refractivity contribution < 1.29 is 22.7 Å². The second kappa shape index (κ2) is 8.57. The third kappa shape index (κ3) is 3.93. The van der Waals surface area contributed by atoms with E-state index in [1.165, 1.54) is 0 Å². The van der Waals surface area contributed by atoms with Gasteiger partial charge >= 0.3 is 0 Å². The molecule has 0 aliphatic rings. The molecule has 2 aromatic carbocycles. The number of hydrogen-bond donors (Lipinski definition) is 1. The van der Waals surface area contributed by atoms with E-state index in [2.05, 4.69) is 10.1 Å². The monoisotopic (exact) mass is 424 g/mol. The maximum Gasteiger partial charge on any atom is 0.257 e. The van der Waals surface area contributed by atoms with Gasteiger partial charge < -0.3 is 14.6 Å². The topological polar surface area (TPSA) is 60.3 Å². The summed E-state index contributed by atoms with van der Waals surface area (Å²) in [4.78, 5) is 25.3. The Balaban J connectivity index is 2.08. The third-order valence-corrected chi connectivity index (χ3v) is 4.75. The lowest BCUT2D eigenvalue weighted by molar-refractivity contribution is 0.0949. The van der Waals surface area contributed by atoms with E-state index in [0.717, 1.165) is 23.9 Å². The molecule has 5 nitrogen and oxygen atoms in total. The molecule has 0 aliphatic carbocycles. The van der Waals surface area contributed by atoms with Crippen molar-refractivity contribution >= 4 is 28.4 Å². The average Bonchev–Trinajstić information content (AvgIpc) is 2.69. The molecule has 0 spiro atoms. The molecule has 0 atom stereocenters. The van der Waals surface area contributed by atoms with Gasteiger partial charge in [0.05, 0.1) is 24.6 Å². The van der Waals surface area contributed by atoms with Gasteiger partial charge in [0.1, 0.15) is 12.2 Å². The van der Waals surface area contributed by atoms with Crippen LogP contribution < -0.4 is 15.5 Å². The zero-order valence-electron chi connectivity index (χ0n) is 15.3. The Morgan fingerprint density at radius 2 is 2.00 bits per heavy atom. The first-order valence-electron chi connectivity index (χ1n) is 8.55. The molecule has 3 aromatic rings. The summed E-state index contributed by atoms with van der Waals surface area (Å²) in [6, 6.07) is 7.58. The summed E-state index contributed by atoms with van der Waals surface area (Å²) < 4.78 is 47.5. The number of ether oxygens (including phenoxy) is 1. The third-order valence-electron chi connectivity index (χ3n) is 4.38. The number of carbonyl (C=O) groups excluding carboxylic acids is 1. The molecular weight excluding hydrogens is 409 g/mol. The van der Waals surface area contributed by atoms with E-state index in [-0.39, 0.29) is 29.6 Å². The normalized spacial score (nSPS) is 10.9. The first-order chi connectivity index (χ1) is 13.9. The summed E-state index contributed by atoms with van der Waals surface area (Å²) >= 11 is 6.04. The number of aryl methyl sites for hydroxylation is 1. The van der Waals surface area contributed by atoms with Crippen LogP contribution in [0.15, 0.2) is 41.3 Å². The van der Waals surface area contributed by atoms with Gasteiger partial charge in [0.25, 0.3) is 5.91 Å². The second-order valence-corrected chi connectivity index (χ2v) is 6.54. The Labute approximate surface area is 168 Å². The Morgan fingerprint density at radius 3 is 2.66 bits per heavy atom. The smallest absolute Gasteiger partial charge is 0.257 e. The van der Waals surface area contributed by atoms with Crippen LogP contribution in [0.2, 0.25) is 5.02 Å². The van der Waals surface area contributed by atoms with Crippen molar-refractivity contribution in [3.05, 3.63) is 74.5 Å². The summed E-state index contributed by atoms with van der Waals surface area (Å²) in [5, 5.41) is 2.58. The number of halogens is 4. The summed E-state index contributed by atoms with van der Waals surface area (Å²) in [5.41, 5.74) is -0.975. The highest BCUT2D eigenvalue weighted by Crippen LogP contribution is 2.28. The molecule has 1 N–H and O–H groups in total. The molecule has 1 heterocycles. The predicted octanol–water partition coefficient (Wildman–Crippen LogP) is 3.84. The fourth-order valence-electron chi connectivity index (χ4n) is 3.00. The molecule has 0 saturated carbocycles. The van der Waals surface area contributed by atoms with E-state index >= 15 is 0 Å². The molecule has 3 rings (SSSR count). The quantitative estimate of drug-likeness (QED) is 0.654. The zero-order chi connectivity index (χ0) is 21.1. The molecule has 152 valence electrons. The fourth-order valence-corrected chi connectivity index (χ4v) is 3.20. The number of nitrogens with one attached hydrogen (secondary N) is 1. The van der Waals surface area contributed by atoms with Gasteiger partial charge in [0.15, 0.2) is 17.4 Å². The number of hydrogen-bond acceptors (Lipinski definition) is 3. The van der Waals surface area contributed by atoms with Crippen LogP contribution in [-0.4, -0.2) is 24.3 Å². The van der Waals surface area contributed by atoms with E-state index in [0.29, 0.717) is 10.6 Å². The molecular formula is C20H16ClF3N2O3. The van der Waals surface area contributed by atoms with Crippen LogP contribution in [-0.2, 0) is 13.1 Å². The van der Waals surface area contributed by atoms with E-state index in [1.54, 1.807) is 24.3 Å². The number of amides is 1. The van der Waals surface area contributed by atoms with E-state index in [1.807, 2.05) is 0 Å². The number of nitrogens with zero attached hydrogens (tertiary/aromatic N) is 1. The first-order valence-corrected chi connectivity index (χ1v) is 8.93. The van der Waals surface area contributed by atoms with Gasteiger partial charge in [0, 0.05) is 17.8 Å². The molecule has 0 radical (unpaired) electrons. The molecule has 29 heavy (non-hydrogen) atoms. The Morgan fingerprint density at radius 1 is 1.28 bits per heavy atom. The van der Waals surface area contributed by atoms with Crippen molar-refractivity contribution in [2.45, 2.75) is 13.1 Å². The minimum atomic E-state index is -1.14. The maximum absolute atomic E-state index is 14.7. The van der Waals surface area contributed by atoms with Gasteiger partial charge in [-0.15, -0.1) is 0 Å². The summed E-state index contributed by atoms with van der Waals surface area (Å²) in [7, 11) is 1.07. The maximum atomic E-state index is 14.7. The van der Waals surface area contributed by atoms with Gasteiger partial charge in [-0.2, -0.15) is 0 Å². The van der Waals surface area contributed by atoms with Crippen LogP contribution in [0.1, 0.15) is 15.9 Å². The predicted molar refractivity (Wildman–Crippen MR) is 103 cm³/mol. The van der Waals surface area contributed by atoms with Crippen molar-refractivity contribution in [1.82, 2.24) is 9.88 Å². The van der Waals surface area contributed by atoms with Crippen molar-refractivity contribution in [2.75, 3.05) is 13.8 Å². The number of benzene rings is 2. The van der Waals surface area contributed by atoms with Crippen LogP contribution in [0.25, 0.3) is 10.9 Å². The molecule has 0 fully saturated rings. The van der Waals surface area contributed by atoms with Crippen LogP contribution in [0.3, 0.4) is 0 Å². The number of carbonyl (C=O) groups is 1. The summed E-state index contributed by atoms with van der Waals surface area (Å²) in [6.07, 6.45) is 1.05. The lowest BCUT2D eigenvalue weighted by Crippen LogP contribution is -2.30. The number of pyridine rings is 1. The highest BCUT2D eigenvalue weighted by atomic mass is 35.5. The van der Waals surface area contributed by atoms with Crippen molar-refractivity contribution in [3.63, 3.8) is 0 Å². The zero-order valence-corrected chi connectivity index (χ0v) is 16.0. The second-order valence-electron chi connectivity index (χ2n) is 6.13. The number of alkyl halides is 1. The van der Waals surface area contributed by atoms with Gasteiger partial charge in [-0.1, -0.05) is 29.8 Å². The molecule has 0 saturated heterocycles. The average molecular weight is 425 g/mol. The molecule has 0 aliphatic heterocycles. The van der Waals surface area contributed by atoms with Gasteiger partial charge in [0.2, 0.25) is 5.43 Å². The van der Waals surface area contributed by atoms with Gasteiger partial charge in [-0.05, 0) is 17.7 Å². The minimum absolute atomic E-state index is 0.0322. The van der Waals surface area contributed by atoms with Crippen molar-refractivity contribution in [1.29, 1.82) is 0 Å². The van der Waals surface area contributed by atoms with Gasteiger partial charge in [-0.3, -0.25) is 9.59 Å². The molecule has 1 aromatic heterocycles. The number of fused-ring (bicyclic) bond motifs is 1. The molecule has 9 heteroatoms. The Kier molecular flexibility index (Phi) is 6.12. The first kappa shape index (κ1) is 20.7. The number of aromatic nitrogens is 1. The van der Waals surface area contributed by atoms with E-state index < -0.39 is 35.4 Å². The minimum Gasteiger partial charge on any atom is -0.491 e. The summed E-state index contributed by atoms with van der Waals surface area (Å²) in [6.45, 7) is -1.20. The lowest BCUT2D eigenvalue weighted by atomic mass is 10.1. The van der Waals surface area contributed by atoms with E-state index in [9.17, 15) is 22.8 Å². The number of rotatable bonds is 6.